The number of carbonyl (C=O) groups is 2. The third-order valence-electron chi connectivity index (χ3n) is 3.87. The van der Waals surface area contributed by atoms with Gasteiger partial charge in [-0.3, -0.25) is 9.89 Å². The molecule has 0 bridgehead atoms. The predicted octanol–water partition coefficient (Wildman–Crippen LogP) is 1.16. The molecule has 2 heterocycles. The molecule has 1 aromatic heterocycles. The number of urea groups is 1. The number of likely N-dealkylation sites (tertiary alicyclic amines) is 1. The summed E-state index contributed by atoms with van der Waals surface area (Å²) in [5.41, 5.74) is 2.24. The SMILES string of the molecule is Cc1[nH]ncc1CCCNC(=O)N1CCC(CC(=O)O)C1. The average molecular weight is 294 g/mol. The minimum absolute atomic E-state index is 0.0850. The zero-order valence-corrected chi connectivity index (χ0v) is 12.3. The number of nitrogens with one attached hydrogen (secondary N) is 2. The van der Waals surface area contributed by atoms with Crippen LogP contribution >= 0.6 is 0 Å². The topological polar surface area (TPSA) is 98.3 Å². The summed E-state index contributed by atoms with van der Waals surface area (Å²) in [7, 11) is 0. The van der Waals surface area contributed by atoms with E-state index in [0.29, 0.717) is 19.6 Å². The highest BCUT2D eigenvalue weighted by molar-refractivity contribution is 5.74. The number of aromatic amines is 1. The van der Waals surface area contributed by atoms with Crippen molar-refractivity contribution in [2.75, 3.05) is 19.6 Å². The second kappa shape index (κ2) is 7.10. The molecule has 1 aliphatic heterocycles. The maximum Gasteiger partial charge on any atom is 0.317 e. The molecule has 3 N–H and O–H groups in total. The second-order valence-corrected chi connectivity index (χ2v) is 5.55. The van der Waals surface area contributed by atoms with Crippen LogP contribution in [0, 0.1) is 12.8 Å². The Morgan fingerprint density at radius 1 is 1.57 bits per heavy atom. The summed E-state index contributed by atoms with van der Waals surface area (Å²) in [5, 5.41) is 18.5. The van der Waals surface area contributed by atoms with Gasteiger partial charge in [-0.2, -0.15) is 5.10 Å². The minimum Gasteiger partial charge on any atom is -0.481 e. The van der Waals surface area contributed by atoms with E-state index in [4.69, 9.17) is 5.11 Å². The number of nitrogens with zero attached hydrogens (tertiary/aromatic N) is 2. The van der Waals surface area contributed by atoms with E-state index in [9.17, 15) is 9.59 Å². The van der Waals surface area contributed by atoms with E-state index < -0.39 is 5.97 Å². The van der Waals surface area contributed by atoms with Gasteiger partial charge in [0.2, 0.25) is 0 Å². The van der Waals surface area contributed by atoms with Gasteiger partial charge in [0, 0.05) is 31.7 Å². The van der Waals surface area contributed by atoms with Crippen molar-refractivity contribution >= 4 is 12.0 Å². The summed E-state index contributed by atoms with van der Waals surface area (Å²) in [4.78, 5) is 24.3. The van der Waals surface area contributed by atoms with Gasteiger partial charge >= 0.3 is 12.0 Å². The molecule has 0 radical (unpaired) electrons. The zero-order chi connectivity index (χ0) is 15.2. The van der Waals surface area contributed by atoms with Crippen LogP contribution in [-0.2, 0) is 11.2 Å². The first-order valence-electron chi connectivity index (χ1n) is 7.29. The Balaban J connectivity index is 1.64. The van der Waals surface area contributed by atoms with Crippen molar-refractivity contribution < 1.29 is 14.7 Å². The number of aliphatic carboxylic acids is 1. The van der Waals surface area contributed by atoms with E-state index in [0.717, 1.165) is 25.0 Å². The fourth-order valence-corrected chi connectivity index (χ4v) is 2.64. The molecule has 116 valence electrons. The molecule has 1 fully saturated rings. The molecule has 1 aromatic rings. The monoisotopic (exact) mass is 294 g/mol. The maximum absolute atomic E-state index is 12.0. The smallest absolute Gasteiger partial charge is 0.317 e. The lowest BCUT2D eigenvalue weighted by molar-refractivity contribution is -0.138. The first-order valence-corrected chi connectivity index (χ1v) is 7.29. The van der Waals surface area contributed by atoms with Crippen molar-refractivity contribution in [3.05, 3.63) is 17.5 Å². The Hall–Kier alpha value is -2.05. The fraction of sp³-hybridized carbons (Fsp3) is 0.643. The lowest BCUT2D eigenvalue weighted by Crippen LogP contribution is -2.39. The molecule has 0 saturated carbocycles. The van der Waals surface area contributed by atoms with Crippen LogP contribution in [0.2, 0.25) is 0 Å². The molecule has 1 aliphatic rings. The molecule has 2 amide bonds. The molecule has 2 rings (SSSR count). The number of carboxylic acid groups (broad SMARTS) is 1. The normalized spacial score (nSPS) is 18.0. The van der Waals surface area contributed by atoms with Crippen LogP contribution in [-0.4, -0.2) is 51.8 Å². The average Bonchev–Trinajstić information content (AvgIpc) is 3.03. The highest BCUT2D eigenvalue weighted by Gasteiger charge is 2.27. The van der Waals surface area contributed by atoms with Crippen molar-refractivity contribution in [1.82, 2.24) is 20.4 Å². The van der Waals surface area contributed by atoms with Crippen molar-refractivity contribution in [1.29, 1.82) is 0 Å². The van der Waals surface area contributed by atoms with Gasteiger partial charge in [0.1, 0.15) is 0 Å². The van der Waals surface area contributed by atoms with E-state index in [1.165, 1.54) is 5.56 Å². The summed E-state index contributed by atoms with van der Waals surface area (Å²) in [5.74, 6) is -0.709. The quantitative estimate of drug-likeness (QED) is 0.686. The molecule has 1 atom stereocenters. The first kappa shape index (κ1) is 15.3. The molecular formula is C14H22N4O3. The van der Waals surface area contributed by atoms with Crippen LogP contribution in [0.25, 0.3) is 0 Å². The molecule has 7 heteroatoms. The highest BCUT2D eigenvalue weighted by atomic mass is 16.4. The minimum atomic E-state index is -0.794. The van der Waals surface area contributed by atoms with E-state index in [2.05, 4.69) is 15.5 Å². The van der Waals surface area contributed by atoms with Crippen LogP contribution < -0.4 is 5.32 Å². The van der Waals surface area contributed by atoms with Crippen LogP contribution in [0.5, 0.6) is 0 Å². The predicted molar refractivity (Wildman–Crippen MR) is 77.0 cm³/mol. The molecule has 0 spiro atoms. The Morgan fingerprint density at radius 3 is 3.05 bits per heavy atom. The molecule has 0 aliphatic carbocycles. The lowest BCUT2D eigenvalue weighted by Gasteiger charge is -2.17. The van der Waals surface area contributed by atoms with E-state index in [-0.39, 0.29) is 18.4 Å². The summed E-state index contributed by atoms with van der Waals surface area (Å²) < 4.78 is 0. The largest absolute Gasteiger partial charge is 0.481 e. The molecule has 7 nitrogen and oxygen atoms in total. The van der Waals surface area contributed by atoms with E-state index in [1.807, 2.05) is 13.1 Å². The van der Waals surface area contributed by atoms with Crippen molar-refractivity contribution in [3.8, 4) is 0 Å². The summed E-state index contributed by atoms with van der Waals surface area (Å²) in [6, 6.07) is -0.0909. The van der Waals surface area contributed by atoms with Gasteiger partial charge in [-0.25, -0.2) is 4.79 Å². The molecule has 1 saturated heterocycles. The van der Waals surface area contributed by atoms with Crippen molar-refractivity contribution in [3.63, 3.8) is 0 Å². The van der Waals surface area contributed by atoms with Crippen LogP contribution in [0.15, 0.2) is 6.20 Å². The number of carboxylic acids is 1. The molecule has 1 unspecified atom stereocenters. The van der Waals surface area contributed by atoms with Gasteiger partial charge in [-0.05, 0) is 37.7 Å². The van der Waals surface area contributed by atoms with Crippen LogP contribution in [0.1, 0.15) is 30.5 Å². The fourth-order valence-electron chi connectivity index (χ4n) is 2.64. The van der Waals surface area contributed by atoms with Crippen LogP contribution in [0.4, 0.5) is 4.79 Å². The summed E-state index contributed by atoms with van der Waals surface area (Å²) >= 11 is 0. The number of aryl methyl sites for hydroxylation is 2. The number of H-pyrrole nitrogens is 1. The lowest BCUT2D eigenvalue weighted by atomic mass is 10.1. The van der Waals surface area contributed by atoms with Gasteiger partial charge in [0.15, 0.2) is 0 Å². The Labute approximate surface area is 123 Å². The maximum atomic E-state index is 12.0. The number of hydrogen-bond donors (Lipinski definition) is 3. The first-order chi connectivity index (χ1) is 10.1. The third kappa shape index (κ3) is 4.47. The van der Waals surface area contributed by atoms with Gasteiger partial charge in [0.25, 0.3) is 0 Å². The Bertz CT molecular complexity index is 500. The van der Waals surface area contributed by atoms with Gasteiger partial charge in [-0.15, -0.1) is 0 Å². The molecule has 0 aromatic carbocycles. The van der Waals surface area contributed by atoms with Crippen molar-refractivity contribution in [2.45, 2.75) is 32.6 Å². The zero-order valence-electron chi connectivity index (χ0n) is 12.3. The number of aromatic nitrogens is 2. The van der Waals surface area contributed by atoms with E-state index >= 15 is 0 Å². The molecule has 21 heavy (non-hydrogen) atoms. The standard InChI is InChI=1S/C14H22N4O3/c1-10-12(8-16-17-10)3-2-5-15-14(21)18-6-4-11(9-18)7-13(19)20/h8,11H,2-7,9H2,1H3,(H,15,21)(H,16,17)(H,19,20). The number of amides is 2. The highest BCUT2D eigenvalue weighted by Crippen LogP contribution is 2.19. The molecular weight excluding hydrogens is 272 g/mol. The number of rotatable bonds is 6. The second-order valence-electron chi connectivity index (χ2n) is 5.55. The number of hydrogen-bond acceptors (Lipinski definition) is 3. The summed E-state index contributed by atoms with van der Waals surface area (Å²) in [6.45, 7) is 3.78. The van der Waals surface area contributed by atoms with Gasteiger partial charge < -0.3 is 15.3 Å². The third-order valence-corrected chi connectivity index (χ3v) is 3.87. The van der Waals surface area contributed by atoms with Gasteiger partial charge in [0.05, 0.1) is 6.20 Å². The van der Waals surface area contributed by atoms with E-state index in [1.54, 1.807) is 4.90 Å². The van der Waals surface area contributed by atoms with Crippen LogP contribution in [0.3, 0.4) is 0 Å². The van der Waals surface area contributed by atoms with Gasteiger partial charge in [-0.1, -0.05) is 0 Å². The Kier molecular flexibility index (Phi) is 5.19. The van der Waals surface area contributed by atoms with Crippen molar-refractivity contribution in [2.24, 2.45) is 5.92 Å². The summed E-state index contributed by atoms with van der Waals surface area (Å²) in [6.07, 6.45) is 4.47. The Morgan fingerprint density at radius 2 is 2.38 bits per heavy atom. The number of carbonyl (C=O) groups excluding carboxylic acids is 1.